The number of halogens is 1. The predicted octanol–water partition coefficient (Wildman–Crippen LogP) is 2.64. The molecule has 0 bridgehead atoms. The van der Waals surface area contributed by atoms with Gasteiger partial charge in [-0.3, -0.25) is 0 Å². The second-order valence-electron chi connectivity index (χ2n) is 5.96. The zero-order chi connectivity index (χ0) is 13.9. The van der Waals surface area contributed by atoms with Crippen LogP contribution in [0.15, 0.2) is 18.2 Å². The number of fused-ring (bicyclic) bond motifs is 1. The maximum atomic E-state index is 8.99. The van der Waals surface area contributed by atoms with E-state index in [9.17, 15) is 0 Å². The summed E-state index contributed by atoms with van der Waals surface area (Å²) in [4.78, 5) is 0. The first kappa shape index (κ1) is 14.6. The molecule has 1 atom stereocenters. The van der Waals surface area contributed by atoms with Gasteiger partial charge in [-0.15, -0.1) is 0 Å². The zero-order valence-electron chi connectivity index (χ0n) is 11.6. The van der Waals surface area contributed by atoms with Crippen molar-refractivity contribution in [3.8, 4) is 5.75 Å². The number of aliphatic hydroxyl groups excluding tert-OH is 1. The highest BCUT2D eigenvalue weighted by Crippen LogP contribution is 2.30. The molecule has 0 saturated carbocycles. The van der Waals surface area contributed by atoms with Crippen molar-refractivity contribution in [1.82, 2.24) is 5.32 Å². The second-order valence-corrected chi connectivity index (χ2v) is 6.40. The first-order valence-electron chi connectivity index (χ1n) is 6.77. The van der Waals surface area contributed by atoms with Gasteiger partial charge in [-0.1, -0.05) is 25.4 Å². The van der Waals surface area contributed by atoms with Gasteiger partial charge < -0.3 is 15.2 Å². The lowest BCUT2D eigenvalue weighted by molar-refractivity contribution is 0.190. The smallest absolute Gasteiger partial charge is 0.123 e. The van der Waals surface area contributed by atoms with Crippen molar-refractivity contribution in [3.63, 3.8) is 0 Å². The zero-order valence-corrected chi connectivity index (χ0v) is 12.3. The Bertz CT molecular complexity index is 434. The first-order valence-corrected chi connectivity index (χ1v) is 7.15. The summed E-state index contributed by atoms with van der Waals surface area (Å²) in [5.74, 6) is 0.950. The number of hydrogen-bond acceptors (Lipinski definition) is 3. The fourth-order valence-electron chi connectivity index (χ4n) is 2.37. The van der Waals surface area contributed by atoms with Crippen LogP contribution in [0.1, 0.15) is 25.8 Å². The number of benzene rings is 1. The lowest BCUT2D eigenvalue weighted by Crippen LogP contribution is -2.36. The Balaban J connectivity index is 1.78. The van der Waals surface area contributed by atoms with E-state index in [1.165, 1.54) is 5.56 Å². The van der Waals surface area contributed by atoms with E-state index in [2.05, 4.69) is 19.2 Å². The van der Waals surface area contributed by atoms with Crippen molar-refractivity contribution in [2.45, 2.75) is 32.8 Å². The highest BCUT2D eigenvalue weighted by molar-refractivity contribution is 6.30. The molecule has 3 nitrogen and oxygen atoms in total. The van der Waals surface area contributed by atoms with E-state index in [1.807, 2.05) is 18.2 Å². The minimum atomic E-state index is 0.115. The normalized spacial score (nSPS) is 18.2. The van der Waals surface area contributed by atoms with Crippen molar-refractivity contribution < 1.29 is 9.84 Å². The quantitative estimate of drug-likeness (QED) is 0.843. The Kier molecular flexibility index (Phi) is 4.71. The Morgan fingerprint density at radius 2 is 2.26 bits per heavy atom. The Morgan fingerprint density at radius 1 is 1.47 bits per heavy atom. The maximum Gasteiger partial charge on any atom is 0.123 e. The topological polar surface area (TPSA) is 41.5 Å². The molecule has 0 saturated heterocycles. The molecular formula is C15H22ClNO2. The van der Waals surface area contributed by atoms with Crippen molar-refractivity contribution >= 4 is 11.6 Å². The molecule has 0 aliphatic carbocycles. The molecule has 1 aliphatic heterocycles. The molecule has 2 rings (SSSR count). The van der Waals surface area contributed by atoms with Crippen LogP contribution in [0, 0.1) is 5.41 Å². The molecule has 2 N–H and O–H groups in total. The molecule has 0 spiro atoms. The SMILES string of the molecule is CC(C)(CCO)CNCC1Cc2cc(Cl)ccc2O1. The van der Waals surface area contributed by atoms with Gasteiger partial charge in [0, 0.05) is 31.1 Å². The van der Waals surface area contributed by atoms with Crippen molar-refractivity contribution in [2.75, 3.05) is 19.7 Å². The highest BCUT2D eigenvalue weighted by atomic mass is 35.5. The van der Waals surface area contributed by atoms with E-state index in [4.69, 9.17) is 21.4 Å². The van der Waals surface area contributed by atoms with Gasteiger partial charge in [0.1, 0.15) is 11.9 Å². The largest absolute Gasteiger partial charge is 0.488 e. The van der Waals surface area contributed by atoms with Gasteiger partial charge in [-0.05, 0) is 35.6 Å². The summed E-state index contributed by atoms with van der Waals surface area (Å²) in [5, 5.41) is 13.2. The van der Waals surface area contributed by atoms with Crippen LogP contribution in [0.25, 0.3) is 0 Å². The summed E-state index contributed by atoms with van der Waals surface area (Å²) in [6.07, 6.45) is 1.89. The van der Waals surface area contributed by atoms with Crippen LogP contribution in [0.4, 0.5) is 0 Å². The van der Waals surface area contributed by atoms with E-state index in [0.717, 1.165) is 36.7 Å². The molecule has 0 amide bonds. The van der Waals surface area contributed by atoms with Crippen LogP contribution in [-0.4, -0.2) is 30.9 Å². The Hall–Kier alpha value is -0.770. The molecule has 4 heteroatoms. The van der Waals surface area contributed by atoms with Crippen LogP contribution >= 0.6 is 11.6 Å². The van der Waals surface area contributed by atoms with Crippen molar-refractivity contribution in [3.05, 3.63) is 28.8 Å². The summed E-state index contributed by atoms with van der Waals surface area (Å²) in [6.45, 7) is 6.24. The molecule has 19 heavy (non-hydrogen) atoms. The van der Waals surface area contributed by atoms with Gasteiger partial charge in [0.25, 0.3) is 0 Å². The number of nitrogens with one attached hydrogen (secondary N) is 1. The van der Waals surface area contributed by atoms with E-state index >= 15 is 0 Å². The molecule has 1 aromatic rings. The summed E-state index contributed by atoms with van der Waals surface area (Å²) in [6, 6.07) is 5.78. The first-order chi connectivity index (χ1) is 9.00. The van der Waals surface area contributed by atoms with Gasteiger partial charge in [-0.25, -0.2) is 0 Å². The highest BCUT2D eigenvalue weighted by Gasteiger charge is 2.24. The molecule has 0 fully saturated rings. The molecule has 1 aliphatic rings. The standard InChI is InChI=1S/C15H22ClNO2/c1-15(2,5-6-18)10-17-9-13-8-11-7-12(16)3-4-14(11)19-13/h3-4,7,13,17-18H,5-6,8-10H2,1-2H3. The summed E-state index contributed by atoms with van der Waals surface area (Å²) < 4.78 is 5.87. The molecule has 1 aromatic carbocycles. The van der Waals surface area contributed by atoms with Crippen molar-refractivity contribution in [2.24, 2.45) is 5.41 Å². The average molecular weight is 284 g/mol. The van der Waals surface area contributed by atoms with Crippen LogP contribution in [0.5, 0.6) is 5.75 Å². The minimum absolute atomic E-state index is 0.115. The summed E-state index contributed by atoms with van der Waals surface area (Å²) in [5.41, 5.74) is 1.30. The van der Waals surface area contributed by atoms with E-state index in [0.29, 0.717) is 0 Å². The molecule has 0 radical (unpaired) electrons. The minimum Gasteiger partial charge on any atom is -0.488 e. The van der Waals surface area contributed by atoms with Gasteiger partial charge in [-0.2, -0.15) is 0 Å². The number of aliphatic hydroxyl groups is 1. The van der Waals surface area contributed by atoms with Gasteiger partial charge >= 0.3 is 0 Å². The number of ether oxygens (including phenoxy) is 1. The summed E-state index contributed by atoms with van der Waals surface area (Å²) in [7, 11) is 0. The van der Waals surface area contributed by atoms with E-state index in [-0.39, 0.29) is 18.1 Å². The predicted molar refractivity (Wildman–Crippen MR) is 77.9 cm³/mol. The number of rotatable bonds is 6. The number of hydrogen-bond donors (Lipinski definition) is 2. The monoisotopic (exact) mass is 283 g/mol. The average Bonchev–Trinajstić information content (AvgIpc) is 2.70. The maximum absolute atomic E-state index is 8.99. The van der Waals surface area contributed by atoms with Crippen molar-refractivity contribution in [1.29, 1.82) is 0 Å². The third kappa shape index (κ3) is 4.10. The lowest BCUT2D eigenvalue weighted by atomic mass is 9.90. The summed E-state index contributed by atoms with van der Waals surface area (Å²) >= 11 is 5.98. The molecule has 106 valence electrons. The fraction of sp³-hybridized carbons (Fsp3) is 0.600. The van der Waals surface area contributed by atoms with Crippen LogP contribution in [0.3, 0.4) is 0 Å². The van der Waals surface area contributed by atoms with E-state index < -0.39 is 0 Å². The Labute approximate surface area is 119 Å². The third-order valence-corrected chi connectivity index (χ3v) is 3.76. The second kappa shape index (κ2) is 6.12. The Morgan fingerprint density at radius 3 is 3.00 bits per heavy atom. The van der Waals surface area contributed by atoms with Gasteiger partial charge in [0.15, 0.2) is 0 Å². The van der Waals surface area contributed by atoms with E-state index in [1.54, 1.807) is 0 Å². The fourth-order valence-corrected chi connectivity index (χ4v) is 2.56. The molecular weight excluding hydrogens is 262 g/mol. The van der Waals surface area contributed by atoms with Crippen LogP contribution in [-0.2, 0) is 6.42 Å². The molecule has 1 heterocycles. The van der Waals surface area contributed by atoms with Gasteiger partial charge in [0.05, 0.1) is 0 Å². The molecule has 0 aromatic heterocycles. The lowest BCUT2D eigenvalue weighted by Gasteiger charge is -2.24. The van der Waals surface area contributed by atoms with Gasteiger partial charge in [0.2, 0.25) is 0 Å². The molecule has 1 unspecified atom stereocenters. The van der Waals surface area contributed by atoms with Crippen LogP contribution < -0.4 is 10.1 Å². The van der Waals surface area contributed by atoms with Crippen LogP contribution in [0.2, 0.25) is 5.02 Å². The third-order valence-electron chi connectivity index (χ3n) is 3.53.